The lowest BCUT2D eigenvalue weighted by atomic mass is 9.93. The first-order chi connectivity index (χ1) is 13.5. The van der Waals surface area contributed by atoms with E-state index in [0.717, 1.165) is 25.3 Å². The molecular weight excluding hydrogens is 357 g/mol. The van der Waals surface area contributed by atoms with Crippen molar-refractivity contribution < 1.29 is 15.3 Å². The van der Waals surface area contributed by atoms with E-state index in [-0.39, 0.29) is 31.3 Å². The van der Waals surface area contributed by atoms with Gasteiger partial charge in [-0.15, -0.1) is 0 Å². The molecule has 0 aliphatic rings. The number of nitriles is 1. The van der Waals surface area contributed by atoms with Crippen molar-refractivity contribution >= 4 is 5.91 Å². The molecule has 0 radical (unpaired) electrons. The zero-order chi connectivity index (χ0) is 20.5. The molecule has 2 aromatic rings. The number of carbonyl (C=O) groups is 1. The predicted octanol–water partition coefficient (Wildman–Crippen LogP) is 4.86. The van der Waals surface area contributed by atoms with Crippen molar-refractivity contribution in [2.75, 3.05) is 0 Å². The van der Waals surface area contributed by atoms with Gasteiger partial charge in [0, 0.05) is 19.7 Å². The predicted molar refractivity (Wildman–Crippen MR) is 107 cm³/mol. The minimum absolute atomic E-state index is 0. The van der Waals surface area contributed by atoms with Gasteiger partial charge in [0.25, 0.3) is 5.91 Å². The number of nitrogens with zero attached hydrogens (tertiary/aromatic N) is 2. The molecule has 0 aliphatic carbocycles. The Morgan fingerprint density at radius 3 is 2.75 bits per heavy atom. The van der Waals surface area contributed by atoms with Crippen LogP contribution in [0.25, 0.3) is 0 Å². The van der Waals surface area contributed by atoms with Crippen molar-refractivity contribution in [3.05, 3.63) is 59.2 Å². The molecule has 0 saturated carbocycles. The highest BCUT2D eigenvalue weighted by Crippen LogP contribution is 2.18. The zero-order valence-electron chi connectivity index (χ0n) is 16.5. The first-order valence-electron chi connectivity index (χ1n) is 9.56. The Morgan fingerprint density at radius 2 is 2.14 bits per heavy atom. The summed E-state index contributed by atoms with van der Waals surface area (Å²) in [5, 5.41) is 11.9. The van der Waals surface area contributed by atoms with Crippen molar-refractivity contribution in [2.45, 2.75) is 52.7 Å². The van der Waals surface area contributed by atoms with Crippen LogP contribution in [0.15, 0.2) is 36.5 Å². The highest BCUT2D eigenvalue weighted by atomic mass is 19.1. The van der Waals surface area contributed by atoms with Crippen molar-refractivity contribution in [3.63, 3.8) is 0 Å². The van der Waals surface area contributed by atoms with E-state index in [0.29, 0.717) is 17.2 Å². The number of amides is 1. The summed E-state index contributed by atoms with van der Waals surface area (Å²) in [4.78, 5) is 16.7. The number of hydrogen-bond donors (Lipinski definition) is 1. The van der Waals surface area contributed by atoms with E-state index in [9.17, 15) is 9.18 Å². The SMILES string of the molecule is CCCC(CC)[C@H](C)NC(=O)c1ccc(COc2cc(F)cc(C#N)c2)nc1.[HH]. The van der Waals surface area contributed by atoms with Gasteiger partial charge in [-0.3, -0.25) is 9.78 Å². The van der Waals surface area contributed by atoms with E-state index in [1.807, 2.05) is 13.0 Å². The van der Waals surface area contributed by atoms with Gasteiger partial charge in [0.15, 0.2) is 0 Å². The molecule has 0 bridgehead atoms. The Balaban J connectivity index is 0.00000420. The summed E-state index contributed by atoms with van der Waals surface area (Å²) in [5.74, 6) is 0.0390. The van der Waals surface area contributed by atoms with Gasteiger partial charge in [-0.1, -0.05) is 26.7 Å². The van der Waals surface area contributed by atoms with Crippen LogP contribution in [0.5, 0.6) is 5.75 Å². The fraction of sp³-hybridized carbons (Fsp3) is 0.409. The van der Waals surface area contributed by atoms with Gasteiger partial charge in [0.1, 0.15) is 18.2 Å². The second-order valence-corrected chi connectivity index (χ2v) is 6.83. The van der Waals surface area contributed by atoms with E-state index in [1.54, 1.807) is 12.1 Å². The number of ether oxygens (including phenoxy) is 1. The average Bonchev–Trinajstić information content (AvgIpc) is 2.70. The number of nitrogens with one attached hydrogen (secondary N) is 1. The first-order valence-corrected chi connectivity index (χ1v) is 9.56. The van der Waals surface area contributed by atoms with Crippen LogP contribution >= 0.6 is 0 Å². The van der Waals surface area contributed by atoms with Gasteiger partial charge in [-0.25, -0.2) is 4.39 Å². The number of aromatic nitrogens is 1. The molecule has 1 N–H and O–H groups in total. The summed E-state index contributed by atoms with van der Waals surface area (Å²) < 4.78 is 18.9. The summed E-state index contributed by atoms with van der Waals surface area (Å²) in [7, 11) is 0. The summed E-state index contributed by atoms with van der Waals surface area (Å²) in [6, 6.07) is 9.20. The third kappa shape index (κ3) is 6.05. The number of halogens is 1. The molecule has 150 valence electrons. The molecule has 28 heavy (non-hydrogen) atoms. The number of rotatable bonds is 9. The van der Waals surface area contributed by atoms with E-state index < -0.39 is 5.82 Å². The Bertz CT molecular complexity index is 837. The lowest BCUT2D eigenvalue weighted by molar-refractivity contribution is 0.0923. The third-order valence-corrected chi connectivity index (χ3v) is 4.72. The van der Waals surface area contributed by atoms with Gasteiger partial charge in [-0.05, 0) is 43.5 Å². The van der Waals surface area contributed by atoms with Gasteiger partial charge in [-0.2, -0.15) is 5.26 Å². The molecule has 0 aliphatic heterocycles. The van der Waals surface area contributed by atoms with Gasteiger partial charge < -0.3 is 10.1 Å². The Labute approximate surface area is 167 Å². The van der Waals surface area contributed by atoms with Crippen LogP contribution in [0, 0.1) is 23.1 Å². The quantitative estimate of drug-likeness (QED) is 0.669. The van der Waals surface area contributed by atoms with Crippen LogP contribution in [0.3, 0.4) is 0 Å². The standard InChI is InChI=1S/C22H26FN3O2.H2/c1-4-6-17(5-2)15(3)26-22(27)18-7-8-20(25-13-18)14-28-21-10-16(12-24)9-19(23)11-21;/h7-11,13,15,17H,4-6,14H2,1-3H3,(H,26,27);1H/t15-,17?;/m0./s1. The molecule has 1 amide bonds. The smallest absolute Gasteiger partial charge is 0.253 e. The fourth-order valence-electron chi connectivity index (χ4n) is 3.10. The van der Waals surface area contributed by atoms with Crippen LogP contribution < -0.4 is 10.1 Å². The van der Waals surface area contributed by atoms with E-state index in [2.05, 4.69) is 24.1 Å². The molecule has 1 heterocycles. The maximum atomic E-state index is 13.4. The molecule has 0 saturated heterocycles. The minimum atomic E-state index is -0.531. The topological polar surface area (TPSA) is 75.0 Å². The molecule has 0 spiro atoms. The van der Waals surface area contributed by atoms with E-state index >= 15 is 0 Å². The van der Waals surface area contributed by atoms with Crippen LogP contribution in [-0.4, -0.2) is 16.9 Å². The van der Waals surface area contributed by atoms with Crippen molar-refractivity contribution in [3.8, 4) is 11.8 Å². The monoisotopic (exact) mass is 385 g/mol. The largest absolute Gasteiger partial charge is 0.487 e. The lowest BCUT2D eigenvalue weighted by Gasteiger charge is -2.23. The zero-order valence-corrected chi connectivity index (χ0v) is 16.5. The number of carbonyl (C=O) groups excluding carboxylic acids is 1. The third-order valence-electron chi connectivity index (χ3n) is 4.72. The van der Waals surface area contributed by atoms with Crippen LogP contribution in [0.1, 0.15) is 63.1 Å². The Kier molecular flexibility index (Phi) is 7.94. The van der Waals surface area contributed by atoms with E-state index in [4.69, 9.17) is 10.00 Å². The molecule has 1 aromatic heterocycles. The number of pyridine rings is 1. The Morgan fingerprint density at radius 1 is 1.36 bits per heavy atom. The molecule has 5 nitrogen and oxygen atoms in total. The maximum Gasteiger partial charge on any atom is 0.253 e. The molecule has 1 unspecified atom stereocenters. The van der Waals surface area contributed by atoms with Gasteiger partial charge in [0.05, 0.1) is 22.9 Å². The van der Waals surface area contributed by atoms with Crippen LogP contribution in [0.2, 0.25) is 0 Å². The summed E-state index contributed by atoms with van der Waals surface area (Å²) in [6.45, 7) is 6.43. The maximum absolute atomic E-state index is 13.4. The number of hydrogen-bond acceptors (Lipinski definition) is 4. The van der Waals surface area contributed by atoms with Gasteiger partial charge in [0.2, 0.25) is 0 Å². The first kappa shape index (κ1) is 21.4. The second-order valence-electron chi connectivity index (χ2n) is 6.83. The molecule has 6 heteroatoms. The van der Waals surface area contributed by atoms with Crippen molar-refractivity contribution in [1.29, 1.82) is 5.26 Å². The second kappa shape index (κ2) is 10.4. The van der Waals surface area contributed by atoms with Crippen molar-refractivity contribution in [1.82, 2.24) is 10.3 Å². The highest BCUT2D eigenvalue weighted by molar-refractivity contribution is 5.94. The highest BCUT2D eigenvalue weighted by Gasteiger charge is 2.17. The van der Waals surface area contributed by atoms with E-state index in [1.165, 1.54) is 18.3 Å². The van der Waals surface area contributed by atoms with Crippen LogP contribution in [-0.2, 0) is 6.61 Å². The number of benzene rings is 1. The minimum Gasteiger partial charge on any atom is -0.487 e. The van der Waals surface area contributed by atoms with Crippen molar-refractivity contribution in [2.24, 2.45) is 5.92 Å². The molecular formula is C22H28FN3O2. The molecule has 2 atom stereocenters. The summed E-state index contributed by atoms with van der Waals surface area (Å²) >= 11 is 0. The normalized spacial score (nSPS) is 12.7. The van der Waals surface area contributed by atoms with Crippen LogP contribution in [0.4, 0.5) is 4.39 Å². The average molecular weight is 385 g/mol. The molecule has 1 aromatic carbocycles. The molecule has 0 fully saturated rings. The summed E-state index contributed by atoms with van der Waals surface area (Å²) in [5.41, 5.74) is 1.28. The Hall–Kier alpha value is -2.94. The summed E-state index contributed by atoms with van der Waals surface area (Å²) in [6.07, 6.45) is 4.71. The lowest BCUT2D eigenvalue weighted by Crippen LogP contribution is -2.38. The van der Waals surface area contributed by atoms with Gasteiger partial charge >= 0.3 is 0 Å². The molecule has 2 rings (SSSR count). The fourth-order valence-corrected chi connectivity index (χ4v) is 3.10.